The fourth-order valence-electron chi connectivity index (χ4n) is 2.92. The van der Waals surface area contributed by atoms with E-state index in [1.54, 1.807) is 19.4 Å². The summed E-state index contributed by atoms with van der Waals surface area (Å²) in [5.74, 6) is 1.25. The van der Waals surface area contributed by atoms with Crippen LogP contribution in [0.3, 0.4) is 0 Å². The molecule has 0 atom stereocenters. The maximum Gasteiger partial charge on any atom is 0.573 e. The molecule has 2 aromatic carbocycles. The molecule has 2 heterocycles. The summed E-state index contributed by atoms with van der Waals surface area (Å²) < 4.78 is 52.4. The number of methoxy groups -OCH3 is 1. The second-order valence-corrected chi connectivity index (χ2v) is 7.62. The number of ether oxygens (including phenoxy) is 3. The normalized spacial score (nSPS) is 11.5. The number of nitrogens with zero attached hydrogens (tertiary/aromatic N) is 2. The number of thioether (sulfide) groups is 1. The van der Waals surface area contributed by atoms with Gasteiger partial charge in [-0.15, -0.1) is 13.2 Å². The second-order valence-electron chi connectivity index (χ2n) is 6.66. The lowest BCUT2D eigenvalue weighted by atomic mass is 10.2. The number of imidazole rings is 1. The molecule has 32 heavy (non-hydrogen) atoms. The van der Waals surface area contributed by atoms with Crippen molar-refractivity contribution in [3.8, 4) is 17.2 Å². The number of alkyl halides is 3. The number of hydrogen-bond acceptors (Lipinski definition) is 6. The van der Waals surface area contributed by atoms with E-state index in [1.165, 1.54) is 30.0 Å². The molecule has 166 valence electrons. The first-order valence-corrected chi connectivity index (χ1v) is 10.5. The number of nitrogens with one attached hydrogen (secondary N) is 1. The molecule has 6 nitrogen and oxygen atoms in total. The molecule has 4 rings (SSSR count). The van der Waals surface area contributed by atoms with Gasteiger partial charge in [0.05, 0.1) is 30.0 Å². The van der Waals surface area contributed by atoms with E-state index < -0.39 is 6.36 Å². The summed E-state index contributed by atoms with van der Waals surface area (Å²) in [6, 6.07) is 15.5. The summed E-state index contributed by atoms with van der Waals surface area (Å²) in [6.07, 6.45) is -3.14. The molecule has 0 spiro atoms. The van der Waals surface area contributed by atoms with Crippen LogP contribution in [0.2, 0.25) is 0 Å². The fourth-order valence-corrected chi connectivity index (χ4v) is 3.70. The van der Waals surface area contributed by atoms with Gasteiger partial charge in [-0.2, -0.15) is 0 Å². The number of pyridine rings is 1. The van der Waals surface area contributed by atoms with Crippen molar-refractivity contribution in [2.75, 3.05) is 7.11 Å². The third-order valence-electron chi connectivity index (χ3n) is 4.37. The van der Waals surface area contributed by atoms with Crippen molar-refractivity contribution < 1.29 is 27.4 Å². The van der Waals surface area contributed by atoms with E-state index in [0.717, 1.165) is 11.3 Å². The van der Waals surface area contributed by atoms with Gasteiger partial charge in [0, 0.05) is 17.9 Å². The van der Waals surface area contributed by atoms with Crippen LogP contribution in [0.5, 0.6) is 17.2 Å². The molecule has 2 aromatic heterocycles. The second kappa shape index (κ2) is 9.39. The zero-order valence-electron chi connectivity index (χ0n) is 16.8. The molecule has 10 heteroatoms. The first-order chi connectivity index (χ1) is 15.4. The summed E-state index contributed by atoms with van der Waals surface area (Å²) in [5.41, 5.74) is 2.75. The van der Waals surface area contributed by atoms with Crippen LogP contribution >= 0.6 is 11.8 Å². The summed E-state index contributed by atoms with van der Waals surface area (Å²) in [6.45, 7) is 0.395. The van der Waals surface area contributed by atoms with Crippen LogP contribution in [0.1, 0.15) is 11.3 Å². The predicted octanol–water partition coefficient (Wildman–Crippen LogP) is 5.74. The molecule has 0 bridgehead atoms. The maximum atomic E-state index is 12.4. The molecule has 0 aliphatic heterocycles. The number of benzene rings is 2. The van der Waals surface area contributed by atoms with E-state index in [2.05, 4.69) is 19.7 Å². The predicted molar refractivity (Wildman–Crippen MR) is 114 cm³/mol. The van der Waals surface area contributed by atoms with Gasteiger partial charge in [0.1, 0.15) is 12.4 Å². The van der Waals surface area contributed by atoms with Crippen molar-refractivity contribution in [2.24, 2.45) is 0 Å². The van der Waals surface area contributed by atoms with E-state index >= 15 is 0 Å². The molecule has 0 unspecified atom stereocenters. The van der Waals surface area contributed by atoms with Gasteiger partial charge in [-0.3, -0.25) is 4.98 Å². The Balaban J connectivity index is 1.41. The third kappa shape index (κ3) is 5.64. The molecule has 0 aliphatic carbocycles. The minimum absolute atomic E-state index is 0.314. The van der Waals surface area contributed by atoms with Gasteiger partial charge in [-0.05, 0) is 17.7 Å². The summed E-state index contributed by atoms with van der Waals surface area (Å²) in [4.78, 5) is 11.8. The van der Waals surface area contributed by atoms with Crippen molar-refractivity contribution >= 4 is 22.8 Å². The standard InChI is InChI=1S/C22H18F3N3O3S/c1-29-19-9-15(26-11-20(19)30-12-14-5-3-2-4-6-14)13-32-21-27-17-8-7-16(10-18(17)28-21)31-22(23,24)25/h2-11H,12-13H2,1H3,(H,27,28). The van der Waals surface area contributed by atoms with E-state index in [4.69, 9.17) is 9.47 Å². The zero-order valence-corrected chi connectivity index (χ0v) is 17.7. The molecule has 4 aromatic rings. The van der Waals surface area contributed by atoms with Crippen LogP contribution in [0.15, 0.2) is 66.0 Å². The summed E-state index contributed by atoms with van der Waals surface area (Å²) >= 11 is 1.36. The fraction of sp³-hybridized carbons (Fsp3) is 0.182. The van der Waals surface area contributed by atoms with Crippen molar-refractivity contribution in [3.05, 3.63) is 72.1 Å². The lowest BCUT2D eigenvalue weighted by Gasteiger charge is -2.11. The number of aromatic amines is 1. The lowest BCUT2D eigenvalue weighted by molar-refractivity contribution is -0.274. The van der Waals surface area contributed by atoms with E-state index in [-0.39, 0.29) is 5.75 Å². The average molecular weight is 461 g/mol. The highest BCUT2D eigenvalue weighted by atomic mass is 32.2. The average Bonchev–Trinajstić information content (AvgIpc) is 3.18. The van der Waals surface area contributed by atoms with E-state index in [9.17, 15) is 13.2 Å². The monoisotopic (exact) mass is 461 g/mol. The number of fused-ring (bicyclic) bond motifs is 1. The quantitative estimate of drug-likeness (QED) is 0.338. The van der Waals surface area contributed by atoms with Gasteiger partial charge in [-0.1, -0.05) is 42.1 Å². The third-order valence-corrected chi connectivity index (χ3v) is 5.28. The van der Waals surface area contributed by atoms with E-state index in [1.807, 2.05) is 30.3 Å². The lowest BCUT2D eigenvalue weighted by Crippen LogP contribution is -2.16. The van der Waals surface area contributed by atoms with E-state index in [0.29, 0.717) is 40.0 Å². The Labute approximate surface area is 185 Å². The Morgan fingerprint density at radius 1 is 1.03 bits per heavy atom. The summed E-state index contributed by atoms with van der Waals surface area (Å²) in [7, 11) is 1.56. The Kier molecular flexibility index (Phi) is 6.40. The Hall–Kier alpha value is -3.40. The van der Waals surface area contributed by atoms with Crippen LogP contribution in [0.25, 0.3) is 11.0 Å². The minimum Gasteiger partial charge on any atom is -0.493 e. The molecule has 0 saturated heterocycles. The Morgan fingerprint density at radius 2 is 1.84 bits per heavy atom. The van der Waals surface area contributed by atoms with Crippen LogP contribution in [-0.4, -0.2) is 28.4 Å². The Morgan fingerprint density at radius 3 is 2.59 bits per heavy atom. The number of H-pyrrole nitrogens is 1. The number of halogens is 3. The first-order valence-electron chi connectivity index (χ1n) is 9.47. The molecular formula is C22H18F3N3O3S. The summed E-state index contributed by atoms with van der Waals surface area (Å²) in [5, 5.41) is 0.550. The highest BCUT2D eigenvalue weighted by molar-refractivity contribution is 7.98. The molecule has 0 fully saturated rings. The molecule has 0 aliphatic rings. The smallest absolute Gasteiger partial charge is 0.493 e. The van der Waals surface area contributed by atoms with Crippen molar-refractivity contribution in [1.29, 1.82) is 0 Å². The molecule has 0 radical (unpaired) electrons. The molecular weight excluding hydrogens is 443 g/mol. The minimum atomic E-state index is -4.75. The van der Waals surface area contributed by atoms with Gasteiger partial charge >= 0.3 is 6.36 Å². The largest absolute Gasteiger partial charge is 0.573 e. The maximum absolute atomic E-state index is 12.4. The van der Waals surface area contributed by atoms with Gasteiger partial charge in [0.2, 0.25) is 0 Å². The van der Waals surface area contributed by atoms with Gasteiger partial charge in [-0.25, -0.2) is 4.98 Å². The van der Waals surface area contributed by atoms with Crippen molar-refractivity contribution in [3.63, 3.8) is 0 Å². The van der Waals surface area contributed by atoms with Crippen LogP contribution in [-0.2, 0) is 12.4 Å². The SMILES string of the molecule is COc1cc(CSc2nc3cc(OC(F)(F)F)ccc3[nH]2)ncc1OCc1ccccc1. The highest BCUT2D eigenvalue weighted by Gasteiger charge is 2.31. The van der Waals surface area contributed by atoms with Gasteiger partial charge in [0.15, 0.2) is 16.7 Å². The number of hydrogen-bond donors (Lipinski definition) is 1. The molecule has 1 N–H and O–H groups in total. The zero-order chi connectivity index (χ0) is 22.6. The number of aromatic nitrogens is 3. The topological polar surface area (TPSA) is 69.3 Å². The van der Waals surface area contributed by atoms with Gasteiger partial charge < -0.3 is 19.2 Å². The number of rotatable bonds is 8. The van der Waals surface area contributed by atoms with Crippen LogP contribution < -0.4 is 14.2 Å². The first kappa shape index (κ1) is 21.8. The van der Waals surface area contributed by atoms with Crippen molar-refractivity contribution in [1.82, 2.24) is 15.0 Å². The van der Waals surface area contributed by atoms with Crippen LogP contribution in [0.4, 0.5) is 13.2 Å². The van der Waals surface area contributed by atoms with Gasteiger partial charge in [0.25, 0.3) is 0 Å². The van der Waals surface area contributed by atoms with Crippen molar-refractivity contribution in [2.45, 2.75) is 23.9 Å². The Bertz CT molecular complexity index is 1200. The molecule has 0 saturated carbocycles. The molecule has 0 amide bonds. The highest BCUT2D eigenvalue weighted by Crippen LogP contribution is 2.31. The van der Waals surface area contributed by atoms with Crippen LogP contribution in [0, 0.1) is 0 Å².